The largest absolute Gasteiger partial charge is 0.481 e. The van der Waals surface area contributed by atoms with Gasteiger partial charge in [-0.05, 0) is 30.9 Å². The number of amides is 1. The first kappa shape index (κ1) is 16.7. The van der Waals surface area contributed by atoms with Crippen LogP contribution in [0.2, 0.25) is 0 Å². The monoisotopic (exact) mass is 293 g/mol. The number of carboxylic acid groups (broad SMARTS) is 2. The van der Waals surface area contributed by atoms with E-state index >= 15 is 0 Å². The molecule has 0 radical (unpaired) electrons. The van der Waals surface area contributed by atoms with Crippen LogP contribution < -0.4 is 5.32 Å². The highest BCUT2D eigenvalue weighted by Crippen LogP contribution is 2.09. The Hall–Kier alpha value is -2.37. The summed E-state index contributed by atoms with van der Waals surface area (Å²) >= 11 is 0. The summed E-state index contributed by atoms with van der Waals surface area (Å²) in [4.78, 5) is 33.2. The lowest BCUT2D eigenvalue weighted by atomic mass is 10.0. The molecule has 1 aromatic carbocycles. The highest BCUT2D eigenvalue weighted by atomic mass is 16.4. The molecular weight excluding hydrogens is 274 g/mol. The summed E-state index contributed by atoms with van der Waals surface area (Å²) < 4.78 is 0. The van der Waals surface area contributed by atoms with Gasteiger partial charge in [-0.3, -0.25) is 9.59 Å². The fourth-order valence-corrected chi connectivity index (χ4v) is 1.93. The van der Waals surface area contributed by atoms with Crippen LogP contribution in [0.5, 0.6) is 0 Å². The molecule has 0 aliphatic rings. The number of aliphatic carboxylic acids is 2. The minimum atomic E-state index is -1.22. The van der Waals surface area contributed by atoms with Crippen molar-refractivity contribution in [1.29, 1.82) is 0 Å². The number of carbonyl (C=O) groups excluding carboxylic acids is 1. The van der Waals surface area contributed by atoms with Crippen LogP contribution in [0.15, 0.2) is 24.3 Å². The van der Waals surface area contributed by atoms with Gasteiger partial charge in [0.25, 0.3) is 0 Å². The van der Waals surface area contributed by atoms with E-state index in [2.05, 4.69) is 5.32 Å². The number of benzene rings is 1. The molecule has 114 valence electrons. The Bertz CT molecular complexity index is 527. The van der Waals surface area contributed by atoms with Gasteiger partial charge in [0.05, 0.1) is 0 Å². The lowest BCUT2D eigenvalue weighted by Crippen LogP contribution is -2.41. The van der Waals surface area contributed by atoms with Gasteiger partial charge in [-0.2, -0.15) is 0 Å². The second kappa shape index (κ2) is 8.04. The summed E-state index contributed by atoms with van der Waals surface area (Å²) in [5.41, 5.74) is 2.11. The number of rotatable bonds is 8. The lowest BCUT2D eigenvalue weighted by molar-refractivity contribution is -0.143. The van der Waals surface area contributed by atoms with Crippen molar-refractivity contribution in [1.82, 2.24) is 5.32 Å². The summed E-state index contributed by atoms with van der Waals surface area (Å²) in [5.74, 6) is -2.70. The summed E-state index contributed by atoms with van der Waals surface area (Å²) in [5, 5.41) is 19.9. The predicted octanol–water partition coefficient (Wildman–Crippen LogP) is 1.36. The molecule has 1 rings (SSSR count). The van der Waals surface area contributed by atoms with E-state index in [9.17, 15) is 14.4 Å². The lowest BCUT2D eigenvalue weighted by Gasteiger charge is -2.13. The average Bonchev–Trinajstić information content (AvgIpc) is 2.42. The maximum atomic E-state index is 11.8. The van der Waals surface area contributed by atoms with Gasteiger partial charge in [-0.15, -0.1) is 0 Å². The van der Waals surface area contributed by atoms with Crippen LogP contribution >= 0.6 is 0 Å². The average molecular weight is 293 g/mol. The second-order valence-electron chi connectivity index (χ2n) is 4.82. The van der Waals surface area contributed by atoms with Crippen molar-refractivity contribution in [2.45, 2.75) is 38.6 Å². The molecule has 1 amide bonds. The molecule has 0 aliphatic heterocycles. The molecule has 1 aromatic rings. The number of carboxylic acids is 2. The molecule has 0 saturated carbocycles. The molecule has 0 bridgehead atoms. The van der Waals surface area contributed by atoms with Crippen LogP contribution in [0.25, 0.3) is 0 Å². The van der Waals surface area contributed by atoms with Crippen LogP contribution in [0.1, 0.15) is 30.4 Å². The molecule has 3 N–H and O–H groups in total. The van der Waals surface area contributed by atoms with E-state index in [-0.39, 0.29) is 19.3 Å². The minimum Gasteiger partial charge on any atom is -0.481 e. The van der Waals surface area contributed by atoms with Crippen molar-refractivity contribution in [3.05, 3.63) is 35.4 Å². The van der Waals surface area contributed by atoms with Gasteiger partial charge in [-0.25, -0.2) is 4.79 Å². The Morgan fingerprint density at radius 1 is 1.14 bits per heavy atom. The molecular formula is C15H19NO5. The summed E-state index contributed by atoms with van der Waals surface area (Å²) in [6.45, 7) is 1.94. The van der Waals surface area contributed by atoms with Crippen LogP contribution in [0, 0.1) is 6.92 Å². The first-order chi connectivity index (χ1) is 9.90. The molecule has 1 atom stereocenters. The number of hydrogen-bond donors (Lipinski definition) is 3. The Balaban J connectivity index is 2.49. The third-order valence-electron chi connectivity index (χ3n) is 3.16. The zero-order valence-electron chi connectivity index (χ0n) is 11.8. The third-order valence-corrected chi connectivity index (χ3v) is 3.16. The molecule has 0 saturated heterocycles. The van der Waals surface area contributed by atoms with Crippen molar-refractivity contribution in [2.24, 2.45) is 0 Å². The Morgan fingerprint density at radius 2 is 1.81 bits per heavy atom. The van der Waals surface area contributed by atoms with Crippen LogP contribution in [0.4, 0.5) is 0 Å². The van der Waals surface area contributed by atoms with E-state index < -0.39 is 23.9 Å². The van der Waals surface area contributed by atoms with E-state index in [4.69, 9.17) is 10.2 Å². The predicted molar refractivity (Wildman–Crippen MR) is 75.9 cm³/mol. The van der Waals surface area contributed by atoms with Crippen molar-refractivity contribution >= 4 is 17.8 Å². The van der Waals surface area contributed by atoms with Gasteiger partial charge in [0.1, 0.15) is 6.04 Å². The standard InChI is InChI=1S/C15H19NO5/c1-10-4-2-3-5-11(10)6-8-13(17)16-12(15(20)21)7-9-14(18)19/h2-5,12H,6-9H2,1H3,(H,16,17)(H,18,19)(H,20,21). The van der Waals surface area contributed by atoms with Gasteiger partial charge in [0.15, 0.2) is 0 Å². The van der Waals surface area contributed by atoms with E-state index in [1.165, 1.54) is 0 Å². The molecule has 0 fully saturated rings. The number of nitrogens with one attached hydrogen (secondary N) is 1. The van der Waals surface area contributed by atoms with Crippen molar-refractivity contribution in [3.8, 4) is 0 Å². The van der Waals surface area contributed by atoms with Crippen LogP contribution in [-0.4, -0.2) is 34.1 Å². The maximum absolute atomic E-state index is 11.8. The van der Waals surface area contributed by atoms with E-state index in [0.717, 1.165) is 11.1 Å². The van der Waals surface area contributed by atoms with E-state index in [0.29, 0.717) is 6.42 Å². The zero-order valence-corrected chi connectivity index (χ0v) is 11.8. The van der Waals surface area contributed by atoms with Gasteiger partial charge >= 0.3 is 11.9 Å². The fraction of sp³-hybridized carbons (Fsp3) is 0.400. The number of hydrogen-bond acceptors (Lipinski definition) is 3. The summed E-state index contributed by atoms with van der Waals surface area (Å²) in [6, 6.07) is 6.49. The van der Waals surface area contributed by atoms with Crippen LogP contribution in [-0.2, 0) is 20.8 Å². The quantitative estimate of drug-likeness (QED) is 0.671. The molecule has 1 unspecified atom stereocenters. The van der Waals surface area contributed by atoms with Crippen LogP contribution in [0.3, 0.4) is 0 Å². The van der Waals surface area contributed by atoms with Crippen molar-refractivity contribution < 1.29 is 24.6 Å². The highest BCUT2D eigenvalue weighted by molar-refractivity contribution is 5.84. The van der Waals surface area contributed by atoms with Crippen molar-refractivity contribution in [3.63, 3.8) is 0 Å². The first-order valence-corrected chi connectivity index (χ1v) is 6.68. The number of aryl methyl sites for hydroxylation is 2. The van der Waals surface area contributed by atoms with Gasteiger partial charge in [0.2, 0.25) is 5.91 Å². The normalized spacial score (nSPS) is 11.7. The fourth-order valence-electron chi connectivity index (χ4n) is 1.93. The zero-order chi connectivity index (χ0) is 15.8. The first-order valence-electron chi connectivity index (χ1n) is 6.68. The van der Waals surface area contributed by atoms with E-state index in [1.54, 1.807) is 0 Å². The Labute approximate surface area is 122 Å². The van der Waals surface area contributed by atoms with Gasteiger partial charge in [0, 0.05) is 12.8 Å². The molecule has 6 nitrogen and oxygen atoms in total. The van der Waals surface area contributed by atoms with Crippen molar-refractivity contribution in [2.75, 3.05) is 0 Å². The minimum absolute atomic E-state index is 0.124. The molecule has 21 heavy (non-hydrogen) atoms. The van der Waals surface area contributed by atoms with E-state index in [1.807, 2.05) is 31.2 Å². The third kappa shape index (κ3) is 6.07. The number of carbonyl (C=O) groups is 3. The molecule has 6 heteroatoms. The molecule has 0 spiro atoms. The highest BCUT2D eigenvalue weighted by Gasteiger charge is 2.20. The maximum Gasteiger partial charge on any atom is 0.326 e. The summed E-state index contributed by atoms with van der Waals surface area (Å²) in [7, 11) is 0. The Kier molecular flexibility index (Phi) is 6.39. The second-order valence-corrected chi connectivity index (χ2v) is 4.82. The SMILES string of the molecule is Cc1ccccc1CCC(=O)NC(CCC(=O)O)C(=O)O. The molecule has 0 aliphatic carbocycles. The van der Waals surface area contributed by atoms with Gasteiger partial charge < -0.3 is 15.5 Å². The molecule has 0 heterocycles. The van der Waals surface area contributed by atoms with Gasteiger partial charge in [-0.1, -0.05) is 24.3 Å². The molecule has 0 aromatic heterocycles. The Morgan fingerprint density at radius 3 is 2.38 bits per heavy atom. The summed E-state index contributed by atoms with van der Waals surface area (Å²) in [6.07, 6.45) is 0.265. The smallest absolute Gasteiger partial charge is 0.326 e. The topological polar surface area (TPSA) is 104 Å².